The Bertz CT molecular complexity index is 1140. The lowest BCUT2D eigenvalue weighted by Crippen LogP contribution is -2.29. The molecular weight excluding hydrogens is 412 g/mol. The zero-order valence-corrected chi connectivity index (χ0v) is 17.9. The van der Waals surface area contributed by atoms with E-state index in [1.165, 1.54) is 0 Å². The molecule has 3 aromatic rings. The molecule has 2 aromatic carbocycles. The van der Waals surface area contributed by atoms with E-state index in [1.807, 2.05) is 22.9 Å². The molecule has 0 aliphatic carbocycles. The van der Waals surface area contributed by atoms with E-state index in [1.54, 1.807) is 44.7 Å². The number of imidazole rings is 1. The molecule has 0 fully saturated rings. The average Bonchev–Trinajstić information content (AvgIpc) is 3.30. The molecule has 9 nitrogen and oxygen atoms in total. The number of hydrogen-bond donors (Lipinski definition) is 2. The van der Waals surface area contributed by atoms with Crippen LogP contribution in [-0.2, 0) is 16.1 Å². The van der Waals surface area contributed by atoms with Gasteiger partial charge in [-0.15, -0.1) is 0 Å². The standard InChI is InChI=1S/C23H24N4O5/c1-30-8-6-25-23(29)17-9-15-10-18(11-17)27-7-5-24-22(27)16-3-4-19(31-2)20(12-16)32-14-21(28)26-13-15/h3-5,7,9-12H,6,8,13-14H2,1-2H3,(H,25,29)(H,26,28). The topological polar surface area (TPSA) is 104 Å². The van der Waals surface area contributed by atoms with Gasteiger partial charge in [0.15, 0.2) is 18.1 Å². The first-order chi connectivity index (χ1) is 15.6. The number of carbonyl (C=O) groups excluding carboxylic acids is 2. The minimum atomic E-state index is -0.286. The fraction of sp³-hybridized carbons (Fsp3) is 0.261. The van der Waals surface area contributed by atoms with Crippen molar-refractivity contribution in [3.05, 3.63) is 59.9 Å². The molecular formula is C23H24N4O5. The molecule has 0 spiro atoms. The van der Waals surface area contributed by atoms with Crippen LogP contribution in [0, 0.1) is 0 Å². The van der Waals surface area contributed by atoms with Crippen LogP contribution < -0.4 is 20.1 Å². The predicted molar refractivity (Wildman–Crippen MR) is 117 cm³/mol. The van der Waals surface area contributed by atoms with Gasteiger partial charge in [0, 0.05) is 49.4 Å². The molecule has 166 valence electrons. The van der Waals surface area contributed by atoms with E-state index in [-0.39, 0.29) is 25.0 Å². The predicted octanol–water partition coefficient (Wildman–Crippen LogP) is 1.93. The Morgan fingerprint density at radius 2 is 2.12 bits per heavy atom. The van der Waals surface area contributed by atoms with Crippen LogP contribution in [0.5, 0.6) is 11.5 Å². The number of carbonyl (C=O) groups is 2. The molecule has 2 amide bonds. The van der Waals surface area contributed by atoms with Crippen LogP contribution in [-0.4, -0.2) is 55.3 Å². The zero-order valence-electron chi connectivity index (χ0n) is 17.9. The summed E-state index contributed by atoms with van der Waals surface area (Å²) in [6.07, 6.45) is 3.52. The molecule has 9 heteroatoms. The molecule has 32 heavy (non-hydrogen) atoms. The summed E-state index contributed by atoms with van der Waals surface area (Å²) in [6, 6.07) is 10.9. The van der Waals surface area contributed by atoms with Crippen molar-refractivity contribution in [3.63, 3.8) is 0 Å². The first-order valence-corrected chi connectivity index (χ1v) is 10.1. The summed E-state index contributed by atoms with van der Waals surface area (Å²) in [5.41, 5.74) is 2.78. The summed E-state index contributed by atoms with van der Waals surface area (Å²) in [4.78, 5) is 29.6. The maximum Gasteiger partial charge on any atom is 0.258 e. The van der Waals surface area contributed by atoms with Crippen molar-refractivity contribution in [1.82, 2.24) is 20.2 Å². The number of rotatable bonds is 5. The molecule has 2 heterocycles. The third-order valence-electron chi connectivity index (χ3n) is 5.02. The molecule has 0 saturated carbocycles. The largest absolute Gasteiger partial charge is 0.493 e. The van der Waals surface area contributed by atoms with Crippen molar-refractivity contribution < 1.29 is 23.8 Å². The summed E-state index contributed by atoms with van der Waals surface area (Å²) >= 11 is 0. The Morgan fingerprint density at radius 3 is 2.94 bits per heavy atom. The molecule has 0 saturated heterocycles. The number of methoxy groups -OCH3 is 2. The Labute approximate surface area is 185 Å². The van der Waals surface area contributed by atoms with Crippen molar-refractivity contribution in [1.29, 1.82) is 0 Å². The van der Waals surface area contributed by atoms with Crippen LogP contribution in [0.4, 0.5) is 0 Å². The van der Waals surface area contributed by atoms with Gasteiger partial charge >= 0.3 is 0 Å². The smallest absolute Gasteiger partial charge is 0.258 e. The molecule has 4 bridgehead atoms. The first-order valence-electron chi connectivity index (χ1n) is 10.1. The Morgan fingerprint density at radius 1 is 1.25 bits per heavy atom. The number of nitrogens with one attached hydrogen (secondary N) is 2. The highest BCUT2D eigenvalue weighted by Crippen LogP contribution is 2.33. The van der Waals surface area contributed by atoms with Crippen molar-refractivity contribution >= 4 is 11.8 Å². The third-order valence-corrected chi connectivity index (χ3v) is 5.02. The number of nitrogens with zero attached hydrogens (tertiary/aromatic N) is 2. The number of benzene rings is 2. The fourth-order valence-corrected chi connectivity index (χ4v) is 3.46. The van der Waals surface area contributed by atoms with E-state index in [9.17, 15) is 9.59 Å². The van der Waals surface area contributed by atoms with Crippen LogP contribution >= 0.6 is 0 Å². The maximum atomic E-state index is 12.7. The van der Waals surface area contributed by atoms with Crippen LogP contribution in [0.25, 0.3) is 17.1 Å². The molecule has 0 unspecified atom stereocenters. The summed E-state index contributed by atoms with van der Waals surface area (Å²) in [5, 5.41) is 5.66. The molecule has 1 aliphatic rings. The molecule has 0 atom stereocenters. The Hall–Kier alpha value is -3.85. The van der Waals surface area contributed by atoms with Gasteiger partial charge in [0.2, 0.25) is 0 Å². The lowest BCUT2D eigenvalue weighted by Gasteiger charge is -2.14. The molecule has 1 aliphatic heterocycles. The van der Waals surface area contributed by atoms with E-state index in [0.29, 0.717) is 36.0 Å². The van der Waals surface area contributed by atoms with E-state index >= 15 is 0 Å². The number of hydrogen-bond acceptors (Lipinski definition) is 6. The minimum absolute atomic E-state index is 0.168. The average molecular weight is 436 g/mol. The quantitative estimate of drug-likeness (QED) is 0.593. The lowest BCUT2D eigenvalue weighted by molar-refractivity contribution is -0.123. The van der Waals surface area contributed by atoms with Crippen molar-refractivity contribution in [2.24, 2.45) is 0 Å². The monoisotopic (exact) mass is 436 g/mol. The number of ether oxygens (including phenoxy) is 3. The van der Waals surface area contributed by atoms with Gasteiger partial charge in [-0.2, -0.15) is 0 Å². The van der Waals surface area contributed by atoms with Gasteiger partial charge in [-0.05, 0) is 42.0 Å². The Kier molecular flexibility index (Phi) is 6.37. The van der Waals surface area contributed by atoms with Gasteiger partial charge in [-0.25, -0.2) is 4.98 Å². The number of fused-ring (bicyclic) bond motifs is 7. The highest BCUT2D eigenvalue weighted by Gasteiger charge is 2.17. The highest BCUT2D eigenvalue weighted by atomic mass is 16.5. The minimum Gasteiger partial charge on any atom is -0.493 e. The maximum absolute atomic E-state index is 12.7. The summed E-state index contributed by atoms with van der Waals surface area (Å²) in [7, 11) is 3.12. The van der Waals surface area contributed by atoms with Crippen molar-refractivity contribution in [3.8, 4) is 28.6 Å². The van der Waals surface area contributed by atoms with Gasteiger partial charge in [-0.3, -0.25) is 14.2 Å². The van der Waals surface area contributed by atoms with Crippen molar-refractivity contribution in [2.75, 3.05) is 34.0 Å². The molecule has 0 radical (unpaired) electrons. The Balaban J connectivity index is 1.80. The van der Waals surface area contributed by atoms with Crippen molar-refractivity contribution in [2.45, 2.75) is 6.54 Å². The second kappa shape index (κ2) is 9.52. The molecule has 4 rings (SSSR count). The summed E-state index contributed by atoms with van der Waals surface area (Å²) < 4.78 is 18.0. The van der Waals surface area contributed by atoms with Gasteiger partial charge in [0.25, 0.3) is 11.8 Å². The van der Waals surface area contributed by atoms with Gasteiger partial charge in [0.05, 0.1) is 13.7 Å². The van der Waals surface area contributed by atoms with E-state index in [4.69, 9.17) is 14.2 Å². The lowest BCUT2D eigenvalue weighted by atomic mass is 10.1. The number of aromatic nitrogens is 2. The SMILES string of the molecule is COCCNC(=O)c1cc2cc(c1)-n1ccnc1-c1ccc(OC)c(c1)OCC(=O)NC2. The van der Waals surface area contributed by atoms with Crippen LogP contribution in [0.3, 0.4) is 0 Å². The third kappa shape index (κ3) is 4.57. The molecule has 2 N–H and O–H groups in total. The van der Waals surface area contributed by atoms with E-state index < -0.39 is 0 Å². The van der Waals surface area contributed by atoms with E-state index in [0.717, 1.165) is 16.8 Å². The van der Waals surface area contributed by atoms with Crippen LogP contribution in [0.1, 0.15) is 15.9 Å². The first kappa shape index (κ1) is 21.4. The van der Waals surface area contributed by atoms with Gasteiger partial charge in [-0.1, -0.05) is 0 Å². The fourth-order valence-electron chi connectivity index (χ4n) is 3.46. The summed E-state index contributed by atoms with van der Waals surface area (Å²) in [5.74, 6) is 1.12. The highest BCUT2D eigenvalue weighted by molar-refractivity contribution is 5.95. The number of amides is 2. The normalized spacial score (nSPS) is 12.9. The van der Waals surface area contributed by atoms with E-state index in [2.05, 4.69) is 15.6 Å². The van der Waals surface area contributed by atoms with Crippen LogP contribution in [0.2, 0.25) is 0 Å². The second-order valence-electron chi connectivity index (χ2n) is 7.19. The summed E-state index contributed by atoms with van der Waals surface area (Å²) in [6.45, 7) is 0.888. The van der Waals surface area contributed by atoms with Gasteiger partial charge < -0.3 is 24.8 Å². The zero-order chi connectivity index (χ0) is 22.5. The second-order valence-corrected chi connectivity index (χ2v) is 7.19. The van der Waals surface area contributed by atoms with Gasteiger partial charge in [0.1, 0.15) is 5.82 Å². The molecule has 1 aromatic heterocycles. The van der Waals surface area contributed by atoms with Crippen LogP contribution in [0.15, 0.2) is 48.8 Å².